The maximum atomic E-state index is 13.0. The Hall–Kier alpha value is -2.52. The molecular weight excluding hydrogens is 415 g/mol. The summed E-state index contributed by atoms with van der Waals surface area (Å²) in [6, 6.07) is 8.69. The van der Waals surface area contributed by atoms with Crippen LogP contribution in [0.3, 0.4) is 0 Å². The van der Waals surface area contributed by atoms with Crippen molar-refractivity contribution in [2.24, 2.45) is 0 Å². The van der Waals surface area contributed by atoms with E-state index in [-0.39, 0.29) is 5.82 Å². The highest BCUT2D eigenvalue weighted by molar-refractivity contribution is 7.80. The van der Waals surface area contributed by atoms with E-state index in [9.17, 15) is 4.39 Å². The molecule has 166 valence electrons. The molecule has 1 aromatic carbocycles. The molecule has 7 nitrogen and oxygen atoms in total. The number of rotatable bonds is 7. The Balaban J connectivity index is 1.34. The average molecular weight is 445 g/mol. The molecule has 2 saturated heterocycles. The number of ether oxygens (including phenoxy) is 1. The van der Waals surface area contributed by atoms with Crippen molar-refractivity contribution < 1.29 is 9.13 Å². The van der Waals surface area contributed by atoms with Crippen LogP contribution >= 0.6 is 12.2 Å². The van der Waals surface area contributed by atoms with Gasteiger partial charge in [-0.05, 0) is 55.6 Å². The number of halogens is 1. The van der Waals surface area contributed by atoms with E-state index in [0.29, 0.717) is 30.8 Å². The first-order valence-electron chi connectivity index (χ1n) is 10.9. The lowest BCUT2D eigenvalue weighted by atomic mass is 10.1. The van der Waals surface area contributed by atoms with Gasteiger partial charge in [-0.2, -0.15) is 9.97 Å². The molecule has 2 aliphatic rings. The lowest BCUT2D eigenvalue weighted by molar-refractivity contribution is 0.122. The fourth-order valence-corrected chi connectivity index (χ4v) is 4.03. The van der Waals surface area contributed by atoms with Crippen LogP contribution in [0.2, 0.25) is 0 Å². The Bertz CT molecular complexity index is 869. The van der Waals surface area contributed by atoms with Crippen molar-refractivity contribution in [3.8, 4) is 0 Å². The molecule has 9 heteroatoms. The van der Waals surface area contributed by atoms with Crippen molar-refractivity contribution >= 4 is 34.9 Å². The summed E-state index contributed by atoms with van der Waals surface area (Å²) in [5.74, 6) is 2.15. The first-order chi connectivity index (χ1) is 15.2. The molecule has 0 saturated carbocycles. The van der Waals surface area contributed by atoms with Gasteiger partial charge < -0.3 is 25.2 Å². The van der Waals surface area contributed by atoms with E-state index >= 15 is 0 Å². The fourth-order valence-electron chi connectivity index (χ4n) is 3.83. The van der Waals surface area contributed by atoms with E-state index in [0.717, 1.165) is 56.2 Å². The summed E-state index contributed by atoms with van der Waals surface area (Å²) in [5, 5.41) is 6.88. The molecule has 0 unspecified atom stereocenters. The highest BCUT2D eigenvalue weighted by atomic mass is 32.1. The second-order valence-electron chi connectivity index (χ2n) is 7.81. The minimum Gasteiger partial charge on any atom is -0.378 e. The Labute approximate surface area is 188 Å². The first kappa shape index (κ1) is 21.7. The zero-order valence-corrected chi connectivity index (χ0v) is 18.5. The summed E-state index contributed by atoms with van der Waals surface area (Å²) in [5.41, 5.74) is 1.11. The fraction of sp³-hybridized carbons (Fsp3) is 0.500. The van der Waals surface area contributed by atoms with E-state index in [2.05, 4.69) is 26.5 Å². The van der Waals surface area contributed by atoms with Crippen molar-refractivity contribution in [3.05, 3.63) is 41.7 Å². The summed E-state index contributed by atoms with van der Waals surface area (Å²) in [6.45, 7) is 5.81. The number of hydrogen-bond acceptors (Lipinski definition) is 6. The topological polar surface area (TPSA) is 65.6 Å². The number of hydrogen-bond donors (Lipinski definition) is 2. The van der Waals surface area contributed by atoms with Gasteiger partial charge in [0.1, 0.15) is 17.5 Å². The van der Waals surface area contributed by atoms with Crippen LogP contribution in [0.5, 0.6) is 0 Å². The van der Waals surface area contributed by atoms with Gasteiger partial charge in [-0.1, -0.05) is 12.1 Å². The van der Waals surface area contributed by atoms with Crippen LogP contribution in [-0.4, -0.2) is 61.0 Å². The number of aryl methyl sites for hydroxylation is 1. The van der Waals surface area contributed by atoms with Crippen molar-refractivity contribution in [2.45, 2.75) is 25.7 Å². The lowest BCUT2D eigenvalue weighted by Gasteiger charge is -2.29. The van der Waals surface area contributed by atoms with Crippen molar-refractivity contribution in [1.82, 2.24) is 15.3 Å². The van der Waals surface area contributed by atoms with Crippen LogP contribution in [0, 0.1) is 5.82 Å². The molecule has 2 N–H and O–H groups in total. The predicted octanol–water partition coefficient (Wildman–Crippen LogP) is 2.97. The Morgan fingerprint density at radius 2 is 1.65 bits per heavy atom. The monoisotopic (exact) mass is 444 g/mol. The maximum Gasteiger partial charge on any atom is 0.232 e. The normalized spacial score (nSPS) is 16.4. The molecule has 0 atom stereocenters. The zero-order chi connectivity index (χ0) is 21.5. The molecule has 0 amide bonds. The van der Waals surface area contributed by atoms with Gasteiger partial charge >= 0.3 is 0 Å². The first-order valence-corrected chi connectivity index (χ1v) is 11.3. The van der Waals surface area contributed by atoms with E-state index < -0.39 is 0 Å². The Morgan fingerprint density at radius 1 is 1.00 bits per heavy atom. The van der Waals surface area contributed by atoms with Crippen LogP contribution < -0.4 is 20.4 Å². The summed E-state index contributed by atoms with van der Waals surface area (Å²) < 4.78 is 18.5. The Kier molecular flexibility index (Phi) is 7.48. The van der Waals surface area contributed by atoms with Gasteiger partial charge in [0.25, 0.3) is 0 Å². The zero-order valence-electron chi connectivity index (χ0n) is 17.6. The van der Waals surface area contributed by atoms with Crippen molar-refractivity contribution in [1.29, 1.82) is 0 Å². The Morgan fingerprint density at radius 3 is 2.32 bits per heavy atom. The second-order valence-corrected chi connectivity index (χ2v) is 8.22. The van der Waals surface area contributed by atoms with E-state index in [1.807, 2.05) is 12.1 Å². The van der Waals surface area contributed by atoms with Gasteiger partial charge in [-0.15, -0.1) is 0 Å². The number of morpholine rings is 1. The highest BCUT2D eigenvalue weighted by Gasteiger charge is 2.20. The third-order valence-corrected chi connectivity index (χ3v) is 5.78. The standard InChI is InChI=1S/C22H29FN6OS/c23-18-7-5-17(6-8-18)4-3-9-24-22(31)27-21-25-19(28-10-1-2-11-28)16-20(26-21)29-12-14-30-15-13-29/h5-8,16H,1-4,9-15H2,(H2,24,25,26,27,31). The van der Waals surface area contributed by atoms with E-state index in [1.54, 1.807) is 0 Å². The average Bonchev–Trinajstić information content (AvgIpc) is 3.33. The lowest BCUT2D eigenvalue weighted by Crippen LogP contribution is -2.37. The third-order valence-electron chi connectivity index (χ3n) is 5.53. The van der Waals surface area contributed by atoms with Crippen LogP contribution in [0.4, 0.5) is 22.0 Å². The van der Waals surface area contributed by atoms with Gasteiger partial charge in [0, 0.05) is 38.8 Å². The molecule has 0 radical (unpaired) electrons. The van der Waals surface area contributed by atoms with E-state index in [1.165, 1.54) is 25.0 Å². The second kappa shape index (κ2) is 10.7. The molecule has 0 bridgehead atoms. The number of nitrogens with one attached hydrogen (secondary N) is 2. The molecule has 1 aromatic heterocycles. The molecule has 4 rings (SSSR count). The van der Waals surface area contributed by atoms with Gasteiger partial charge in [-0.25, -0.2) is 4.39 Å². The molecule has 0 aliphatic carbocycles. The van der Waals surface area contributed by atoms with Gasteiger partial charge in [0.05, 0.1) is 13.2 Å². The van der Waals surface area contributed by atoms with Crippen LogP contribution in [0.15, 0.2) is 30.3 Å². The molecular formula is C22H29FN6OS. The summed E-state index contributed by atoms with van der Waals surface area (Å²) >= 11 is 5.46. The number of anilines is 3. The maximum absolute atomic E-state index is 13.0. The SMILES string of the molecule is Fc1ccc(CCCNC(=S)Nc2nc(N3CCCC3)cc(N3CCOCC3)n2)cc1. The molecule has 2 fully saturated rings. The molecule has 0 spiro atoms. The molecule has 3 heterocycles. The smallest absolute Gasteiger partial charge is 0.232 e. The summed E-state index contributed by atoms with van der Waals surface area (Å²) in [6.07, 6.45) is 4.13. The van der Waals surface area contributed by atoms with Gasteiger partial charge in [0.15, 0.2) is 5.11 Å². The summed E-state index contributed by atoms with van der Waals surface area (Å²) in [4.78, 5) is 14.0. The predicted molar refractivity (Wildman–Crippen MR) is 125 cm³/mol. The number of thiocarbonyl (C=S) groups is 1. The van der Waals surface area contributed by atoms with Crippen LogP contribution in [0.25, 0.3) is 0 Å². The summed E-state index contributed by atoms with van der Waals surface area (Å²) in [7, 11) is 0. The van der Waals surface area contributed by atoms with Crippen molar-refractivity contribution in [3.63, 3.8) is 0 Å². The quantitative estimate of drug-likeness (QED) is 0.499. The van der Waals surface area contributed by atoms with Gasteiger partial charge in [-0.3, -0.25) is 0 Å². The number of aromatic nitrogens is 2. The number of nitrogens with zero attached hydrogens (tertiary/aromatic N) is 4. The minimum absolute atomic E-state index is 0.208. The van der Waals surface area contributed by atoms with Crippen molar-refractivity contribution in [2.75, 3.05) is 61.1 Å². The molecule has 2 aliphatic heterocycles. The van der Waals surface area contributed by atoms with Crippen LogP contribution in [0.1, 0.15) is 24.8 Å². The van der Waals surface area contributed by atoms with Crippen LogP contribution in [-0.2, 0) is 11.2 Å². The minimum atomic E-state index is -0.208. The largest absolute Gasteiger partial charge is 0.378 e. The molecule has 31 heavy (non-hydrogen) atoms. The van der Waals surface area contributed by atoms with E-state index in [4.69, 9.17) is 26.9 Å². The number of benzene rings is 1. The van der Waals surface area contributed by atoms with Gasteiger partial charge in [0.2, 0.25) is 5.95 Å². The third kappa shape index (κ3) is 6.24. The molecule has 2 aromatic rings. The highest BCUT2D eigenvalue weighted by Crippen LogP contribution is 2.24.